The molecule has 0 aliphatic carbocycles. The van der Waals surface area contributed by atoms with E-state index >= 15 is 0 Å². The summed E-state index contributed by atoms with van der Waals surface area (Å²) in [6.07, 6.45) is 2.63. The van der Waals surface area contributed by atoms with Gasteiger partial charge in [0.05, 0.1) is 7.11 Å². The first-order valence-electron chi connectivity index (χ1n) is 8.43. The van der Waals surface area contributed by atoms with Crippen molar-refractivity contribution >= 4 is 11.8 Å². The Bertz CT molecular complexity index is 611. The first-order chi connectivity index (χ1) is 11.6. The van der Waals surface area contributed by atoms with Gasteiger partial charge in [-0.3, -0.25) is 9.59 Å². The van der Waals surface area contributed by atoms with Crippen LogP contribution in [0.2, 0.25) is 0 Å². The number of nitrogens with one attached hydrogen (secondary N) is 2. The van der Waals surface area contributed by atoms with E-state index in [9.17, 15) is 9.59 Å². The van der Waals surface area contributed by atoms with Crippen LogP contribution in [-0.2, 0) is 19.7 Å². The van der Waals surface area contributed by atoms with Crippen LogP contribution < -0.4 is 15.4 Å². The second-order valence-corrected chi connectivity index (χ2v) is 6.47. The van der Waals surface area contributed by atoms with E-state index in [-0.39, 0.29) is 17.2 Å². The van der Waals surface area contributed by atoms with Crippen molar-refractivity contribution in [1.82, 2.24) is 10.6 Å². The minimum absolute atomic E-state index is 0.0549. The molecule has 1 aromatic rings. The minimum atomic E-state index is -0.410. The summed E-state index contributed by atoms with van der Waals surface area (Å²) in [5.74, 6) is 0.671. The number of methoxy groups -OCH3 is 1. The molecule has 2 heterocycles. The number of para-hydroxylation sites is 1. The van der Waals surface area contributed by atoms with Crippen molar-refractivity contribution in [2.45, 2.75) is 37.1 Å². The lowest BCUT2D eigenvalue weighted by molar-refractivity contribution is -0.126. The molecule has 2 N–H and O–H groups in total. The average Bonchev–Trinajstić information content (AvgIpc) is 3.07. The number of carbonyl (C=O) groups is 2. The number of hydrogen-bond acceptors (Lipinski definition) is 4. The van der Waals surface area contributed by atoms with Gasteiger partial charge in [-0.25, -0.2) is 0 Å². The van der Waals surface area contributed by atoms with Gasteiger partial charge in [0.15, 0.2) is 0 Å². The normalized spacial score (nSPS) is 22.7. The van der Waals surface area contributed by atoms with Crippen LogP contribution in [0.4, 0.5) is 0 Å². The van der Waals surface area contributed by atoms with Gasteiger partial charge in [0.1, 0.15) is 11.8 Å². The number of ether oxygens (including phenoxy) is 2. The van der Waals surface area contributed by atoms with Gasteiger partial charge < -0.3 is 20.1 Å². The predicted octanol–water partition coefficient (Wildman–Crippen LogP) is 1.14. The molecule has 6 nitrogen and oxygen atoms in total. The molecule has 0 bridgehead atoms. The molecule has 2 amide bonds. The molecule has 1 aromatic carbocycles. The highest BCUT2D eigenvalue weighted by Gasteiger charge is 2.38. The molecule has 2 fully saturated rings. The van der Waals surface area contributed by atoms with Crippen LogP contribution in [0.3, 0.4) is 0 Å². The van der Waals surface area contributed by atoms with E-state index in [1.54, 1.807) is 7.11 Å². The number of rotatable bonds is 5. The van der Waals surface area contributed by atoms with Gasteiger partial charge in [-0.1, -0.05) is 18.2 Å². The highest BCUT2D eigenvalue weighted by Crippen LogP contribution is 2.39. The Morgan fingerprint density at radius 3 is 2.79 bits per heavy atom. The molecular weight excluding hydrogens is 308 g/mol. The zero-order chi connectivity index (χ0) is 17.0. The zero-order valence-corrected chi connectivity index (χ0v) is 14.0. The van der Waals surface area contributed by atoms with Crippen LogP contribution in [0, 0.1) is 0 Å². The number of benzene rings is 1. The third-order valence-electron chi connectivity index (χ3n) is 5.04. The summed E-state index contributed by atoms with van der Waals surface area (Å²) in [6.45, 7) is 1.84. The Labute approximate surface area is 141 Å². The molecule has 2 saturated heterocycles. The van der Waals surface area contributed by atoms with Gasteiger partial charge in [-0.2, -0.15) is 0 Å². The molecule has 130 valence electrons. The van der Waals surface area contributed by atoms with Gasteiger partial charge in [-0.15, -0.1) is 0 Å². The number of hydrogen-bond donors (Lipinski definition) is 2. The highest BCUT2D eigenvalue weighted by molar-refractivity contribution is 5.90. The van der Waals surface area contributed by atoms with Crippen LogP contribution >= 0.6 is 0 Å². The quantitative estimate of drug-likeness (QED) is 0.848. The van der Waals surface area contributed by atoms with E-state index in [0.29, 0.717) is 32.6 Å². The lowest BCUT2D eigenvalue weighted by Crippen LogP contribution is -2.49. The second-order valence-electron chi connectivity index (χ2n) is 6.47. The summed E-state index contributed by atoms with van der Waals surface area (Å²) < 4.78 is 11.1. The van der Waals surface area contributed by atoms with Gasteiger partial charge in [0.2, 0.25) is 11.8 Å². The fraction of sp³-hybridized carbons (Fsp3) is 0.556. The molecule has 0 radical (unpaired) electrons. The maximum atomic E-state index is 12.4. The van der Waals surface area contributed by atoms with E-state index in [1.165, 1.54) is 0 Å². The van der Waals surface area contributed by atoms with Crippen molar-refractivity contribution in [3.63, 3.8) is 0 Å². The molecule has 1 atom stereocenters. The van der Waals surface area contributed by atoms with Crippen LogP contribution in [0.1, 0.15) is 31.2 Å². The van der Waals surface area contributed by atoms with Crippen molar-refractivity contribution in [1.29, 1.82) is 0 Å². The summed E-state index contributed by atoms with van der Waals surface area (Å²) >= 11 is 0. The van der Waals surface area contributed by atoms with Gasteiger partial charge >= 0.3 is 0 Å². The van der Waals surface area contributed by atoms with E-state index < -0.39 is 6.04 Å². The summed E-state index contributed by atoms with van der Waals surface area (Å²) in [5, 5.41) is 5.76. The number of amides is 2. The van der Waals surface area contributed by atoms with E-state index in [1.807, 2.05) is 18.2 Å². The molecule has 2 aliphatic heterocycles. The Balaban J connectivity index is 1.76. The molecule has 0 aromatic heterocycles. The summed E-state index contributed by atoms with van der Waals surface area (Å²) in [5.41, 5.74) is 0.898. The van der Waals surface area contributed by atoms with Gasteiger partial charge in [-0.05, 0) is 25.3 Å². The smallest absolute Gasteiger partial charge is 0.242 e. The second kappa shape index (κ2) is 7.21. The Hall–Kier alpha value is -2.08. The van der Waals surface area contributed by atoms with Crippen molar-refractivity contribution in [2.75, 3.05) is 26.9 Å². The topological polar surface area (TPSA) is 76.7 Å². The fourth-order valence-electron chi connectivity index (χ4n) is 3.58. The fourth-order valence-corrected chi connectivity index (χ4v) is 3.58. The minimum Gasteiger partial charge on any atom is -0.496 e. The predicted molar refractivity (Wildman–Crippen MR) is 88.9 cm³/mol. The van der Waals surface area contributed by atoms with Crippen molar-refractivity contribution < 1.29 is 19.1 Å². The maximum absolute atomic E-state index is 12.4. The third-order valence-corrected chi connectivity index (χ3v) is 5.04. The third kappa shape index (κ3) is 3.38. The summed E-state index contributed by atoms with van der Waals surface area (Å²) in [4.78, 5) is 23.7. The Kier molecular flexibility index (Phi) is 5.04. The molecular formula is C18H24N2O4. The molecule has 1 unspecified atom stereocenters. The van der Waals surface area contributed by atoms with Crippen LogP contribution in [-0.4, -0.2) is 44.7 Å². The number of carbonyl (C=O) groups excluding carboxylic acids is 2. The Morgan fingerprint density at radius 1 is 1.38 bits per heavy atom. The lowest BCUT2D eigenvalue weighted by atomic mass is 9.73. The molecule has 0 saturated carbocycles. The van der Waals surface area contributed by atoms with Crippen molar-refractivity contribution in [3.8, 4) is 5.75 Å². The SMILES string of the molecule is COc1ccccc1C1(CNC(=O)C2CCC(=O)N2)CCOCC1. The maximum Gasteiger partial charge on any atom is 0.242 e. The van der Waals surface area contributed by atoms with Crippen LogP contribution in [0.5, 0.6) is 5.75 Å². The summed E-state index contributed by atoms with van der Waals surface area (Å²) in [6, 6.07) is 7.54. The van der Waals surface area contributed by atoms with Gasteiger partial charge in [0, 0.05) is 37.2 Å². The monoisotopic (exact) mass is 332 g/mol. The van der Waals surface area contributed by atoms with Crippen molar-refractivity contribution in [2.24, 2.45) is 0 Å². The largest absolute Gasteiger partial charge is 0.496 e. The van der Waals surface area contributed by atoms with Gasteiger partial charge in [0.25, 0.3) is 0 Å². The van der Waals surface area contributed by atoms with Crippen molar-refractivity contribution in [3.05, 3.63) is 29.8 Å². The highest BCUT2D eigenvalue weighted by atomic mass is 16.5. The molecule has 6 heteroatoms. The Morgan fingerprint density at radius 2 is 2.12 bits per heavy atom. The average molecular weight is 332 g/mol. The van der Waals surface area contributed by atoms with E-state index in [2.05, 4.69) is 16.7 Å². The first-order valence-corrected chi connectivity index (χ1v) is 8.43. The van der Waals surface area contributed by atoms with Crippen LogP contribution in [0.25, 0.3) is 0 Å². The first kappa shape index (κ1) is 16.8. The van der Waals surface area contributed by atoms with E-state index in [4.69, 9.17) is 9.47 Å². The lowest BCUT2D eigenvalue weighted by Gasteiger charge is -2.38. The molecule has 24 heavy (non-hydrogen) atoms. The summed E-state index contributed by atoms with van der Waals surface area (Å²) in [7, 11) is 1.67. The molecule has 0 spiro atoms. The standard InChI is InChI=1S/C18H24N2O4/c1-23-15-5-3-2-4-13(15)18(8-10-24-11-9-18)12-19-17(22)14-6-7-16(21)20-14/h2-5,14H,6-12H2,1H3,(H,19,22)(H,20,21). The van der Waals surface area contributed by atoms with E-state index in [0.717, 1.165) is 24.2 Å². The van der Waals surface area contributed by atoms with Crippen LogP contribution in [0.15, 0.2) is 24.3 Å². The molecule has 2 aliphatic rings. The zero-order valence-electron chi connectivity index (χ0n) is 14.0. The molecule has 3 rings (SSSR count).